The molecule has 2 aromatic rings. The van der Waals surface area contributed by atoms with E-state index < -0.39 is 0 Å². The van der Waals surface area contributed by atoms with Gasteiger partial charge in [-0.05, 0) is 36.1 Å². The molecule has 0 unspecified atom stereocenters. The van der Waals surface area contributed by atoms with Crippen LogP contribution in [0.15, 0.2) is 30.3 Å². The van der Waals surface area contributed by atoms with Crippen molar-refractivity contribution in [3.05, 3.63) is 41.7 Å². The summed E-state index contributed by atoms with van der Waals surface area (Å²) in [5.74, 6) is -0.0429. The smallest absolute Gasteiger partial charge is 0.126 e. The summed E-state index contributed by atoms with van der Waals surface area (Å²) >= 11 is 0. The quantitative estimate of drug-likeness (QED) is 0.654. The molecule has 0 bridgehead atoms. The van der Waals surface area contributed by atoms with Gasteiger partial charge in [-0.3, -0.25) is 0 Å². The molecule has 0 aromatic heterocycles. The predicted molar refractivity (Wildman–Crippen MR) is 50.3 cm³/mol. The molecular weight excluding hydrogens is 167 g/mol. The average Bonchev–Trinajstić information content (AvgIpc) is 2.09. The topological polar surface area (TPSA) is 20.2 Å². The van der Waals surface area contributed by atoms with Crippen LogP contribution in [0.25, 0.3) is 10.8 Å². The van der Waals surface area contributed by atoms with Gasteiger partial charge >= 0.3 is 0 Å². The lowest BCUT2D eigenvalue weighted by Gasteiger charge is -2.02. The summed E-state index contributed by atoms with van der Waals surface area (Å²) in [6, 6.07) is 8.16. The van der Waals surface area contributed by atoms with Crippen molar-refractivity contribution in [3.63, 3.8) is 0 Å². The Morgan fingerprint density at radius 3 is 2.77 bits per heavy atom. The summed E-state index contributed by atoms with van der Waals surface area (Å²) in [4.78, 5) is 0. The maximum absolute atomic E-state index is 13.1. The fourth-order valence-corrected chi connectivity index (χ4v) is 1.39. The molecule has 13 heavy (non-hydrogen) atoms. The van der Waals surface area contributed by atoms with Crippen molar-refractivity contribution >= 4 is 10.8 Å². The van der Waals surface area contributed by atoms with Crippen molar-refractivity contribution in [1.82, 2.24) is 0 Å². The number of phenolic OH excluding ortho intramolecular Hbond substituents is 1. The van der Waals surface area contributed by atoms with Crippen LogP contribution in [0.3, 0.4) is 0 Å². The van der Waals surface area contributed by atoms with E-state index in [1.807, 2.05) is 0 Å². The maximum atomic E-state index is 13.1. The monoisotopic (exact) mass is 176 g/mol. The van der Waals surface area contributed by atoms with E-state index in [0.29, 0.717) is 10.9 Å². The molecule has 2 heteroatoms. The predicted octanol–water partition coefficient (Wildman–Crippen LogP) is 2.99. The number of aromatic hydroxyl groups is 1. The van der Waals surface area contributed by atoms with E-state index in [9.17, 15) is 9.50 Å². The highest BCUT2D eigenvalue weighted by Gasteiger charge is 2.03. The van der Waals surface area contributed by atoms with Gasteiger partial charge in [-0.25, -0.2) is 4.39 Å². The summed E-state index contributed by atoms with van der Waals surface area (Å²) in [7, 11) is 0. The molecular formula is C11H9FO. The van der Waals surface area contributed by atoms with E-state index in [-0.39, 0.29) is 11.6 Å². The normalized spacial score (nSPS) is 10.6. The molecule has 2 aromatic carbocycles. The number of hydrogen-bond acceptors (Lipinski definition) is 1. The second-order valence-electron chi connectivity index (χ2n) is 3.10. The van der Waals surface area contributed by atoms with Gasteiger partial charge in [0.15, 0.2) is 0 Å². The summed E-state index contributed by atoms with van der Waals surface area (Å²) in [5.41, 5.74) is 0.550. The number of rotatable bonds is 0. The molecule has 0 amide bonds. The van der Waals surface area contributed by atoms with Crippen LogP contribution in [0.2, 0.25) is 0 Å². The van der Waals surface area contributed by atoms with Crippen LogP contribution in [-0.2, 0) is 0 Å². The van der Waals surface area contributed by atoms with Gasteiger partial charge in [0.2, 0.25) is 0 Å². The third kappa shape index (κ3) is 1.24. The third-order valence-corrected chi connectivity index (χ3v) is 2.14. The molecule has 0 saturated heterocycles. The summed E-state index contributed by atoms with van der Waals surface area (Å²) in [6.07, 6.45) is 0. The second-order valence-corrected chi connectivity index (χ2v) is 3.10. The SMILES string of the molecule is Cc1cc2c(O)cccc2cc1F. The molecule has 0 spiro atoms. The maximum Gasteiger partial charge on any atom is 0.126 e. The minimum absolute atomic E-state index is 0.195. The van der Waals surface area contributed by atoms with Gasteiger partial charge in [-0.2, -0.15) is 0 Å². The van der Waals surface area contributed by atoms with Crippen LogP contribution in [0, 0.1) is 12.7 Å². The average molecular weight is 176 g/mol. The molecule has 2 rings (SSSR count). The van der Waals surface area contributed by atoms with E-state index in [2.05, 4.69) is 0 Å². The zero-order chi connectivity index (χ0) is 9.42. The number of aryl methyl sites for hydroxylation is 1. The van der Waals surface area contributed by atoms with Crippen LogP contribution in [-0.4, -0.2) is 5.11 Å². The number of hydrogen-bond donors (Lipinski definition) is 1. The minimum Gasteiger partial charge on any atom is -0.507 e. The Labute approximate surface area is 75.4 Å². The van der Waals surface area contributed by atoms with Gasteiger partial charge in [0.05, 0.1) is 0 Å². The van der Waals surface area contributed by atoms with Crippen molar-refractivity contribution in [1.29, 1.82) is 0 Å². The van der Waals surface area contributed by atoms with Gasteiger partial charge < -0.3 is 5.11 Å². The molecule has 1 N–H and O–H groups in total. The van der Waals surface area contributed by atoms with Crippen LogP contribution in [0.4, 0.5) is 4.39 Å². The van der Waals surface area contributed by atoms with Crippen molar-refractivity contribution in [2.24, 2.45) is 0 Å². The van der Waals surface area contributed by atoms with Crippen LogP contribution < -0.4 is 0 Å². The highest BCUT2D eigenvalue weighted by molar-refractivity contribution is 5.88. The van der Waals surface area contributed by atoms with Crippen LogP contribution >= 0.6 is 0 Å². The van der Waals surface area contributed by atoms with Gasteiger partial charge in [0, 0.05) is 5.39 Å². The van der Waals surface area contributed by atoms with Gasteiger partial charge in [0.1, 0.15) is 11.6 Å². The van der Waals surface area contributed by atoms with Crippen molar-refractivity contribution in [3.8, 4) is 5.75 Å². The molecule has 66 valence electrons. The minimum atomic E-state index is -0.238. The summed E-state index contributed by atoms with van der Waals surface area (Å²) in [6.45, 7) is 1.68. The van der Waals surface area contributed by atoms with Crippen LogP contribution in [0.5, 0.6) is 5.75 Å². The first-order valence-electron chi connectivity index (χ1n) is 4.06. The number of fused-ring (bicyclic) bond motifs is 1. The standard InChI is InChI=1S/C11H9FO/c1-7-5-9-8(6-10(7)12)3-2-4-11(9)13/h2-6,13H,1H3. The van der Waals surface area contributed by atoms with Gasteiger partial charge in [0.25, 0.3) is 0 Å². The van der Waals surface area contributed by atoms with Crippen molar-refractivity contribution < 1.29 is 9.50 Å². The molecule has 0 saturated carbocycles. The van der Waals surface area contributed by atoms with Crippen molar-refractivity contribution in [2.45, 2.75) is 6.92 Å². The first-order valence-corrected chi connectivity index (χ1v) is 4.06. The van der Waals surface area contributed by atoms with E-state index in [4.69, 9.17) is 0 Å². The number of benzene rings is 2. The third-order valence-electron chi connectivity index (χ3n) is 2.14. The Balaban J connectivity index is 2.89. The zero-order valence-corrected chi connectivity index (χ0v) is 7.21. The van der Waals surface area contributed by atoms with Gasteiger partial charge in [-0.1, -0.05) is 12.1 Å². The van der Waals surface area contributed by atoms with E-state index >= 15 is 0 Å². The van der Waals surface area contributed by atoms with Crippen LogP contribution in [0.1, 0.15) is 5.56 Å². The van der Waals surface area contributed by atoms with E-state index in [1.165, 1.54) is 6.07 Å². The summed E-state index contributed by atoms with van der Waals surface area (Å²) < 4.78 is 13.1. The highest BCUT2D eigenvalue weighted by atomic mass is 19.1. The van der Waals surface area contributed by atoms with E-state index in [1.54, 1.807) is 31.2 Å². The number of phenols is 1. The lowest BCUT2D eigenvalue weighted by molar-refractivity contribution is 0.481. The lowest BCUT2D eigenvalue weighted by Crippen LogP contribution is -1.82. The van der Waals surface area contributed by atoms with Gasteiger partial charge in [-0.15, -0.1) is 0 Å². The highest BCUT2D eigenvalue weighted by Crippen LogP contribution is 2.26. The fraction of sp³-hybridized carbons (Fsp3) is 0.0909. The molecule has 0 radical (unpaired) electrons. The molecule has 0 fully saturated rings. The summed E-state index contributed by atoms with van der Waals surface area (Å²) in [5, 5.41) is 10.9. The molecule has 0 aliphatic rings. The largest absolute Gasteiger partial charge is 0.507 e. The first kappa shape index (κ1) is 8.05. The Kier molecular flexibility index (Phi) is 1.69. The molecule has 0 aliphatic heterocycles. The Morgan fingerprint density at radius 1 is 1.23 bits per heavy atom. The lowest BCUT2D eigenvalue weighted by atomic mass is 10.1. The number of halogens is 1. The van der Waals surface area contributed by atoms with Crippen molar-refractivity contribution in [2.75, 3.05) is 0 Å². The Morgan fingerprint density at radius 2 is 2.00 bits per heavy atom. The van der Waals surface area contributed by atoms with E-state index in [0.717, 1.165) is 5.39 Å². The molecule has 1 nitrogen and oxygen atoms in total. The first-order chi connectivity index (χ1) is 6.18. The Hall–Kier alpha value is -1.57. The Bertz CT molecular complexity index is 463. The molecule has 0 atom stereocenters. The fourth-order valence-electron chi connectivity index (χ4n) is 1.39. The molecule has 0 aliphatic carbocycles. The second kappa shape index (κ2) is 2.73. The molecule has 0 heterocycles. The zero-order valence-electron chi connectivity index (χ0n) is 7.21.